The van der Waals surface area contributed by atoms with Gasteiger partial charge in [-0.05, 0) is 43.0 Å². The molecule has 19 heavy (non-hydrogen) atoms. The van der Waals surface area contributed by atoms with Gasteiger partial charge >= 0.3 is 0 Å². The SMILES string of the molecule is C=C(CC)CC(NCCC)c1ccc2c(c1)CCO2. The summed E-state index contributed by atoms with van der Waals surface area (Å²) < 4.78 is 5.58. The Morgan fingerprint density at radius 2 is 2.26 bits per heavy atom. The van der Waals surface area contributed by atoms with E-state index in [0.29, 0.717) is 6.04 Å². The molecule has 2 rings (SSSR count). The molecule has 0 spiro atoms. The molecule has 0 saturated carbocycles. The lowest BCUT2D eigenvalue weighted by Gasteiger charge is -2.20. The molecule has 0 amide bonds. The summed E-state index contributed by atoms with van der Waals surface area (Å²) in [6, 6.07) is 7.00. The van der Waals surface area contributed by atoms with E-state index >= 15 is 0 Å². The third-order valence-corrected chi connectivity index (χ3v) is 3.75. The zero-order chi connectivity index (χ0) is 13.7. The van der Waals surface area contributed by atoms with Crippen LogP contribution in [0.4, 0.5) is 0 Å². The van der Waals surface area contributed by atoms with Gasteiger partial charge < -0.3 is 10.1 Å². The Hall–Kier alpha value is -1.28. The van der Waals surface area contributed by atoms with E-state index in [1.54, 1.807) is 0 Å². The van der Waals surface area contributed by atoms with Gasteiger partial charge in [0.25, 0.3) is 0 Å². The fourth-order valence-electron chi connectivity index (χ4n) is 2.48. The van der Waals surface area contributed by atoms with Crippen LogP contribution in [0.2, 0.25) is 0 Å². The number of nitrogens with one attached hydrogen (secondary N) is 1. The Bertz CT molecular complexity index is 439. The predicted molar refractivity (Wildman–Crippen MR) is 80.7 cm³/mol. The van der Waals surface area contributed by atoms with Crippen molar-refractivity contribution in [3.63, 3.8) is 0 Å². The summed E-state index contributed by atoms with van der Waals surface area (Å²) in [6.07, 6.45) is 4.27. The van der Waals surface area contributed by atoms with Crippen molar-refractivity contribution < 1.29 is 4.74 Å². The van der Waals surface area contributed by atoms with Crippen molar-refractivity contribution >= 4 is 0 Å². The lowest BCUT2D eigenvalue weighted by molar-refractivity contribution is 0.356. The summed E-state index contributed by atoms with van der Waals surface area (Å²) >= 11 is 0. The number of ether oxygens (including phenoxy) is 1. The topological polar surface area (TPSA) is 21.3 Å². The Labute approximate surface area is 116 Å². The Morgan fingerprint density at radius 3 is 3.00 bits per heavy atom. The van der Waals surface area contributed by atoms with Crippen LogP contribution < -0.4 is 10.1 Å². The van der Waals surface area contributed by atoms with Gasteiger partial charge in [0.1, 0.15) is 5.75 Å². The molecule has 1 heterocycles. The van der Waals surface area contributed by atoms with Crippen LogP contribution in [0.1, 0.15) is 50.3 Å². The van der Waals surface area contributed by atoms with E-state index < -0.39 is 0 Å². The maximum Gasteiger partial charge on any atom is 0.122 e. The minimum atomic E-state index is 0.387. The second-order valence-corrected chi connectivity index (χ2v) is 5.28. The van der Waals surface area contributed by atoms with Gasteiger partial charge in [-0.2, -0.15) is 0 Å². The summed E-state index contributed by atoms with van der Waals surface area (Å²) in [7, 11) is 0. The highest BCUT2D eigenvalue weighted by Gasteiger charge is 2.17. The highest BCUT2D eigenvalue weighted by molar-refractivity contribution is 5.41. The highest BCUT2D eigenvalue weighted by Crippen LogP contribution is 2.30. The van der Waals surface area contributed by atoms with Gasteiger partial charge in [-0.25, -0.2) is 0 Å². The summed E-state index contributed by atoms with van der Waals surface area (Å²) in [6.45, 7) is 10.4. The normalized spacial score (nSPS) is 14.8. The van der Waals surface area contributed by atoms with Gasteiger partial charge in [0, 0.05) is 12.5 Å². The molecule has 0 aliphatic carbocycles. The van der Waals surface area contributed by atoms with Crippen LogP contribution in [0.25, 0.3) is 0 Å². The van der Waals surface area contributed by atoms with Crippen molar-refractivity contribution in [3.8, 4) is 5.75 Å². The van der Waals surface area contributed by atoms with E-state index in [0.717, 1.165) is 44.6 Å². The third kappa shape index (κ3) is 3.60. The van der Waals surface area contributed by atoms with Crippen LogP contribution in [-0.2, 0) is 6.42 Å². The molecule has 1 aliphatic rings. The highest BCUT2D eigenvalue weighted by atomic mass is 16.5. The molecule has 0 aromatic heterocycles. The van der Waals surface area contributed by atoms with E-state index in [2.05, 4.69) is 43.9 Å². The summed E-state index contributed by atoms with van der Waals surface area (Å²) in [5, 5.41) is 3.64. The van der Waals surface area contributed by atoms with Gasteiger partial charge in [0.15, 0.2) is 0 Å². The van der Waals surface area contributed by atoms with Crippen molar-refractivity contribution in [2.75, 3.05) is 13.2 Å². The van der Waals surface area contributed by atoms with Gasteiger partial charge in [-0.1, -0.05) is 38.1 Å². The van der Waals surface area contributed by atoms with Crippen molar-refractivity contribution in [1.82, 2.24) is 5.32 Å². The van der Waals surface area contributed by atoms with Crippen LogP contribution in [0.15, 0.2) is 30.4 Å². The lowest BCUT2D eigenvalue weighted by atomic mass is 9.96. The van der Waals surface area contributed by atoms with Gasteiger partial charge in [0.2, 0.25) is 0 Å². The second-order valence-electron chi connectivity index (χ2n) is 5.28. The van der Waals surface area contributed by atoms with Gasteiger partial charge in [-0.15, -0.1) is 0 Å². The van der Waals surface area contributed by atoms with E-state index in [1.807, 2.05) is 0 Å². The molecular weight excluding hydrogens is 234 g/mol. The van der Waals surface area contributed by atoms with Crippen molar-refractivity contribution in [2.24, 2.45) is 0 Å². The molecular formula is C17H25NO. The maximum atomic E-state index is 5.58. The first-order valence-electron chi connectivity index (χ1n) is 7.40. The smallest absolute Gasteiger partial charge is 0.122 e. The van der Waals surface area contributed by atoms with E-state index in [9.17, 15) is 0 Å². The fraction of sp³-hybridized carbons (Fsp3) is 0.529. The molecule has 1 N–H and O–H groups in total. The Morgan fingerprint density at radius 1 is 1.42 bits per heavy atom. The van der Waals surface area contributed by atoms with Crippen LogP contribution >= 0.6 is 0 Å². The molecule has 1 aromatic rings. The zero-order valence-electron chi connectivity index (χ0n) is 12.2. The molecule has 1 atom stereocenters. The van der Waals surface area contributed by atoms with E-state index in [-0.39, 0.29) is 0 Å². The minimum Gasteiger partial charge on any atom is -0.493 e. The monoisotopic (exact) mass is 259 g/mol. The Kier molecular flexibility index (Phi) is 5.03. The summed E-state index contributed by atoms with van der Waals surface area (Å²) in [4.78, 5) is 0. The molecule has 0 fully saturated rings. The molecule has 0 saturated heterocycles. The molecule has 1 unspecified atom stereocenters. The molecule has 2 nitrogen and oxygen atoms in total. The fourth-order valence-corrected chi connectivity index (χ4v) is 2.48. The van der Waals surface area contributed by atoms with Gasteiger partial charge in [-0.3, -0.25) is 0 Å². The summed E-state index contributed by atoms with van der Waals surface area (Å²) in [5.41, 5.74) is 4.03. The number of fused-ring (bicyclic) bond motifs is 1. The third-order valence-electron chi connectivity index (χ3n) is 3.75. The average molecular weight is 259 g/mol. The zero-order valence-corrected chi connectivity index (χ0v) is 12.2. The van der Waals surface area contributed by atoms with E-state index in [4.69, 9.17) is 4.74 Å². The number of rotatable bonds is 7. The number of hydrogen-bond acceptors (Lipinski definition) is 2. The number of hydrogen-bond donors (Lipinski definition) is 1. The van der Waals surface area contributed by atoms with Crippen molar-refractivity contribution in [2.45, 2.75) is 45.6 Å². The quantitative estimate of drug-likeness (QED) is 0.747. The van der Waals surface area contributed by atoms with E-state index in [1.165, 1.54) is 16.7 Å². The lowest BCUT2D eigenvalue weighted by Crippen LogP contribution is -2.22. The molecule has 2 heteroatoms. The first-order valence-corrected chi connectivity index (χ1v) is 7.40. The largest absolute Gasteiger partial charge is 0.493 e. The first-order chi connectivity index (χ1) is 9.24. The van der Waals surface area contributed by atoms with Crippen molar-refractivity contribution in [1.29, 1.82) is 0 Å². The molecule has 1 aromatic carbocycles. The van der Waals surface area contributed by atoms with Gasteiger partial charge in [0.05, 0.1) is 6.61 Å². The van der Waals surface area contributed by atoms with Crippen LogP contribution in [0.3, 0.4) is 0 Å². The second kappa shape index (κ2) is 6.76. The average Bonchev–Trinajstić information content (AvgIpc) is 2.90. The predicted octanol–water partition coefficient (Wildman–Crippen LogP) is 4.02. The minimum absolute atomic E-state index is 0.387. The first kappa shape index (κ1) is 14.1. The molecule has 0 bridgehead atoms. The summed E-state index contributed by atoms with van der Waals surface area (Å²) in [5.74, 6) is 1.06. The van der Waals surface area contributed by atoms with Crippen molar-refractivity contribution in [3.05, 3.63) is 41.5 Å². The van der Waals surface area contributed by atoms with Crippen LogP contribution in [0, 0.1) is 0 Å². The Balaban J connectivity index is 2.14. The maximum absolute atomic E-state index is 5.58. The standard InChI is InChI=1S/C17H25NO/c1-4-9-18-16(11-13(3)5-2)14-6-7-17-15(12-14)8-10-19-17/h6-7,12,16,18H,3-5,8-11H2,1-2H3. The molecule has 104 valence electrons. The number of benzene rings is 1. The van der Waals surface area contributed by atoms with Crippen LogP contribution in [-0.4, -0.2) is 13.2 Å². The van der Waals surface area contributed by atoms with Crippen LogP contribution in [0.5, 0.6) is 5.75 Å². The molecule has 1 aliphatic heterocycles. The molecule has 0 radical (unpaired) electrons.